The van der Waals surface area contributed by atoms with Gasteiger partial charge in [-0.05, 0) is 122 Å². The number of rotatable bonds is 56. The van der Waals surface area contributed by atoms with E-state index in [2.05, 4.69) is 118 Å². The molecule has 6 nitrogen and oxygen atoms in total. The number of carbonyl (C=O) groups excluding carboxylic acids is 3. The summed E-state index contributed by atoms with van der Waals surface area (Å²) < 4.78 is 16.9. The highest BCUT2D eigenvalue weighted by atomic mass is 16.6. The van der Waals surface area contributed by atoms with E-state index in [1.54, 1.807) is 0 Å². The fourth-order valence-electron chi connectivity index (χ4n) is 8.61. The standard InChI is InChI=1S/C68H116O6/c1-4-7-10-13-16-19-22-25-27-28-29-30-31-32-33-34-35-36-37-38-39-40-41-44-46-49-52-55-58-61-67(70)73-64-65(63-72-66(69)60-57-54-51-48-45-42-24-21-18-15-12-9-6-3)74-68(71)62-59-56-53-50-47-43-26-23-20-17-14-11-8-5-2/h7,10,16,19,21,23-27,29-30,32-33,35-36,65H,4-6,8-9,11-15,17-18,20,22,28,31,34,37-64H2,1-3H3/b10-7-,19-16-,24-21-,26-23-,27-25-,30-29-,33-32-,36-35-. The summed E-state index contributed by atoms with van der Waals surface area (Å²) >= 11 is 0. The van der Waals surface area contributed by atoms with Gasteiger partial charge in [0.15, 0.2) is 6.10 Å². The minimum absolute atomic E-state index is 0.0846. The summed E-state index contributed by atoms with van der Waals surface area (Å²) in [7, 11) is 0. The van der Waals surface area contributed by atoms with E-state index in [1.165, 1.54) is 141 Å². The van der Waals surface area contributed by atoms with Crippen LogP contribution in [0.2, 0.25) is 0 Å². The third-order valence-electron chi connectivity index (χ3n) is 13.3. The monoisotopic (exact) mass is 1030 g/mol. The Hall–Kier alpha value is -3.67. The number of allylic oxidation sites excluding steroid dienone is 16. The first-order valence-corrected chi connectivity index (χ1v) is 31.2. The van der Waals surface area contributed by atoms with Crippen LogP contribution in [0.5, 0.6) is 0 Å². The average Bonchev–Trinajstić information content (AvgIpc) is 3.40. The summed E-state index contributed by atoms with van der Waals surface area (Å²) in [5.74, 6) is -0.899. The van der Waals surface area contributed by atoms with Crippen LogP contribution in [0.3, 0.4) is 0 Å². The van der Waals surface area contributed by atoms with Crippen LogP contribution in [0.4, 0.5) is 0 Å². The van der Waals surface area contributed by atoms with Gasteiger partial charge in [0.25, 0.3) is 0 Å². The molecular weight excluding hydrogens is 913 g/mol. The molecule has 1 unspecified atom stereocenters. The second kappa shape index (κ2) is 61.9. The van der Waals surface area contributed by atoms with Crippen LogP contribution < -0.4 is 0 Å². The van der Waals surface area contributed by atoms with E-state index < -0.39 is 6.10 Å². The van der Waals surface area contributed by atoms with E-state index in [-0.39, 0.29) is 31.1 Å². The summed E-state index contributed by atoms with van der Waals surface area (Å²) in [6.07, 6.45) is 82.7. The van der Waals surface area contributed by atoms with Crippen LogP contribution in [-0.2, 0) is 28.6 Å². The summed E-state index contributed by atoms with van der Waals surface area (Å²) in [6.45, 7) is 6.50. The summed E-state index contributed by atoms with van der Waals surface area (Å²) in [6, 6.07) is 0. The zero-order chi connectivity index (χ0) is 53.6. The van der Waals surface area contributed by atoms with E-state index >= 15 is 0 Å². The second-order valence-electron chi connectivity index (χ2n) is 20.6. The normalized spacial score (nSPS) is 12.7. The maximum Gasteiger partial charge on any atom is 0.306 e. The Morgan fingerprint density at radius 1 is 0.284 bits per heavy atom. The van der Waals surface area contributed by atoms with Gasteiger partial charge in [0.1, 0.15) is 13.2 Å². The van der Waals surface area contributed by atoms with Gasteiger partial charge in [-0.15, -0.1) is 0 Å². The number of unbranched alkanes of at least 4 members (excludes halogenated alkanes) is 29. The van der Waals surface area contributed by atoms with Gasteiger partial charge in [-0.3, -0.25) is 14.4 Å². The predicted octanol–water partition coefficient (Wildman–Crippen LogP) is 21.3. The van der Waals surface area contributed by atoms with E-state index in [0.717, 1.165) is 116 Å². The van der Waals surface area contributed by atoms with Crippen LogP contribution >= 0.6 is 0 Å². The first-order valence-electron chi connectivity index (χ1n) is 31.2. The van der Waals surface area contributed by atoms with Crippen molar-refractivity contribution in [2.75, 3.05) is 13.2 Å². The molecule has 0 bridgehead atoms. The molecule has 0 aromatic rings. The van der Waals surface area contributed by atoms with Crippen LogP contribution in [0.25, 0.3) is 0 Å². The Morgan fingerprint density at radius 3 is 0.851 bits per heavy atom. The van der Waals surface area contributed by atoms with Crippen LogP contribution in [0, 0.1) is 0 Å². The second-order valence-corrected chi connectivity index (χ2v) is 20.6. The lowest BCUT2D eigenvalue weighted by Gasteiger charge is -2.18. The lowest BCUT2D eigenvalue weighted by molar-refractivity contribution is -0.167. The molecule has 0 aromatic carbocycles. The summed E-state index contributed by atoms with van der Waals surface area (Å²) in [5.41, 5.74) is 0. The highest BCUT2D eigenvalue weighted by molar-refractivity contribution is 5.71. The lowest BCUT2D eigenvalue weighted by atomic mass is 10.1. The Bertz CT molecular complexity index is 1460. The van der Waals surface area contributed by atoms with Gasteiger partial charge in [0, 0.05) is 19.3 Å². The lowest BCUT2D eigenvalue weighted by Crippen LogP contribution is -2.30. The molecule has 0 aliphatic rings. The van der Waals surface area contributed by atoms with Gasteiger partial charge in [-0.25, -0.2) is 0 Å². The van der Waals surface area contributed by atoms with E-state index in [0.29, 0.717) is 19.3 Å². The zero-order valence-corrected chi connectivity index (χ0v) is 48.6. The highest BCUT2D eigenvalue weighted by Crippen LogP contribution is 2.15. The molecule has 74 heavy (non-hydrogen) atoms. The van der Waals surface area contributed by atoms with E-state index in [9.17, 15) is 14.4 Å². The van der Waals surface area contributed by atoms with Gasteiger partial charge < -0.3 is 14.2 Å². The van der Waals surface area contributed by atoms with Crippen LogP contribution in [0.1, 0.15) is 297 Å². The van der Waals surface area contributed by atoms with Crippen molar-refractivity contribution in [3.63, 3.8) is 0 Å². The molecule has 0 saturated heterocycles. The third-order valence-corrected chi connectivity index (χ3v) is 13.3. The van der Waals surface area contributed by atoms with Gasteiger partial charge >= 0.3 is 17.9 Å². The maximum absolute atomic E-state index is 12.9. The quantitative estimate of drug-likeness (QED) is 0.0261. The molecule has 0 heterocycles. The fourth-order valence-corrected chi connectivity index (χ4v) is 8.61. The average molecular weight is 1030 g/mol. The molecule has 0 aliphatic heterocycles. The SMILES string of the molecule is CC/C=C\C/C=C\C/C=C\C/C=C\C/C=C\C/C=C\CCCCCCCCCCCCC(=O)OCC(COC(=O)CCCCCCC/C=C\CCCCCC)OC(=O)CCCCCCC/C=C\CCCCCCC. The van der Waals surface area contributed by atoms with Crippen molar-refractivity contribution in [2.24, 2.45) is 0 Å². The Labute approximate surface area is 457 Å². The molecule has 0 radical (unpaired) electrons. The first kappa shape index (κ1) is 70.3. The minimum Gasteiger partial charge on any atom is -0.462 e. The Kier molecular flexibility index (Phi) is 58.8. The van der Waals surface area contributed by atoms with Crippen molar-refractivity contribution in [2.45, 2.75) is 303 Å². The molecule has 0 amide bonds. The smallest absolute Gasteiger partial charge is 0.306 e. The topological polar surface area (TPSA) is 78.9 Å². The van der Waals surface area contributed by atoms with Crippen LogP contribution in [0.15, 0.2) is 97.2 Å². The van der Waals surface area contributed by atoms with Crippen molar-refractivity contribution >= 4 is 17.9 Å². The minimum atomic E-state index is -0.787. The van der Waals surface area contributed by atoms with Crippen molar-refractivity contribution in [3.05, 3.63) is 97.2 Å². The fraction of sp³-hybridized carbons (Fsp3) is 0.721. The highest BCUT2D eigenvalue weighted by Gasteiger charge is 2.19. The molecule has 0 spiro atoms. The molecule has 0 aliphatic carbocycles. The Morgan fingerprint density at radius 2 is 0.527 bits per heavy atom. The van der Waals surface area contributed by atoms with Gasteiger partial charge in [0.2, 0.25) is 0 Å². The van der Waals surface area contributed by atoms with Crippen molar-refractivity contribution in [3.8, 4) is 0 Å². The van der Waals surface area contributed by atoms with Crippen molar-refractivity contribution in [1.29, 1.82) is 0 Å². The molecule has 1 atom stereocenters. The third kappa shape index (κ3) is 59.2. The molecular formula is C68H116O6. The zero-order valence-electron chi connectivity index (χ0n) is 48.6. The molecule has 0 aromatic heterocycles. The largest absolute Gasteiger partial charge is 0.462 e. The number of hydrogen-bond acceptors (Lipinski definition) is 6. The first-order chi connectivity index (χ1) is 36.5. The van der Waals surface area contributed by atoms with E-state index in [1.807, 2.05) is 0 Å². The summed E-state index contributed by atoms with van der Waals surface area (Å²) in [5, 5.41) is 0. The van der Waals surface area contributed by atoms with Crippen molar-refractivity contribution < 1.29 is 28.6 Å². The maximum atomic E-state index is 12.9. The van der Waals surface area contributed by atoms with Crippen LogP contribution in [-0.4, -0.2) is 37.2 Å². The molecule has 0 fully saturated rings. The van der Waals surface area contributed by atoms with Gasteiger partial charge in [0.05, 0.1) is 0 Å². The van der Waals surface area contributed by atoms with Crippen molar-refractivity contribution in [1.82, 2.24) is 0 Å². The number of ether oxygens (including phenoxy) is 3. The number of esters is 3. The number of carbonyl (C=O) groups is 3. The molecule has 0 N–H and O–H groups in total. The summed E-state index contributed by atoms with van der Waals surface area (Å²) in [4.78, 5) is 38.2. The molecule has 424 valence electrons. The predicted molar refractivity (Wildman–Crippen MR) is 320 cm³/mol. The Balaban J connectivity index is 4.27. The number of hydrogen-bond donors (Lipinski definition) is 0. The van der Waals surface area contributed by atoms with Gasteiger partial charge in [-0.1, -0.05) is 253 Å². The molecule has 0 saturated carbocycles. The molecule has 0 rings (SSSR count). The molecule has 6 heteroatoms. The van der Waals surface area contributed by atoms with E-state index in [4.69, 9.17) is 14.2 Å². The van der Waals surface area contributed by atoms with Gasteiger partial charge in [-0.2, -0.15) is 0 Å².